The molecular formula is C24H19FN4O. The zero-order valence-electron chi connectivity index (χ0n) is 16.3. The molecule has 0 aliphatic carbocycles. The third-order valence-corrected chi connectivity index (χ3v) is 4.50. The fraction of sp³-hybridized carbons (Fsp3) is 0.0417. The normalized spacial score (nSPS) is 10.5. The van der Waals surface area contributed by atoms with Gasteiger partial charge in [0.05, 0.1) is 5.69 Å². The SMILES string of the molecule is Cc1cccc(NC(=O)c2ccc(Nc3cc(-c4ccc(F)cc4)ncn3)cc2)c1. The van der Waals surface area contributed by atoms with Crippen molar-refractivity contribution in [1.29, 1.82) is 0 Å². The Labute approximate surface area is 173 Å². The summed E-state index contributed by atoms with van der Waals surface area (Å²) in [7, 11) is 0. The second-order valence-electron chi connectivity index (χ2n) is 6.82. The van der Waals surface area contributed by atoms with E-state index in [0.717, 1.165) is 22.5 Å². The van der Waals surface area contributed by atoms with Gasteiger partial charge in [-0.05, 0) is 73.2 Å². The number of hydrogen-bond acceptors (Lipinski definition) is 4. The van der Waals surface area contributed by atoms with Crippen molar-refractivity contribution in [1.82, 2.24) is 9.97 Å². The molecule has 0 spiro atoms. The quantitative estimate of drug-likeness (QED) is 0.460. The first-order chi connectivity index (χ1) is 14.6. The molecule has 6 heteroatoms. The summed E-state index contributed by atoms with van der Waals surface area (Å²) in [4.78, 5) is 20.9. The lowest BCUT2D eigenvalue weighted by molar-refractivity contribution is 0.102. The Kier molecular flexibility index (Phi) is 5.48. The summed E-state index contributed by atoms with van der Waals surface area (Å²) in [6.45, 7) is 1.98. The standard InChI is InChI=1S/C24H19FN4O/c1-16-3-2-4-21(13-16)29-24(30)18-7-11-20(12-8-18)28-23-14-22(26-15-27-23)17-5-9-19(25)10-6-17/h2-15H,1H3,(H,29,30)(H,26,27,28). The van der Waals surface area contributed by atoms with Crippen LogP contribution in [0.3, 0.4) is 0 Å². The van der Waals surface area contributed by atoms with Crippen LogP contribution in [0.4, 0.5) is 21.6 Å². The molecule has 5 nitrogen and oxygen atoms in total. The van der Waals surface area contributed by atoms with Gasteiger partial charge in [0.15, 0.2) is 0 Å². The number of anilines is 3. The maximum atomic E-state index is 13.1. The van der Waals surface area contributed by atoms with Crippen molar-refractivity contribution >= 4 is 23.1 Å². The van der Waals surface area contributed by atoms with E-state index in [2.05, 4.69) is 20.6 Å². The first kappa shape index (κ1) is 19.3. The van der Waals surface area contributed by atoms with Gasteiger partial charge in [-0.3, -0.25) is 4.79 Å². The van der Waals surface area contributed by atoms with Crippen molar-refractivity contribution < 1.29 is 9.18 Å². The molecule has 0 unspecified atom stereocenters. The highest BCUT2D eigenvalue weighted by atomic mass is 19.1. The zero-order valence-corrected chi connectivity index (χ0v) is 16.3. The van der Waals surface area contributed by atoms with Gasteiger partial charge in [-0.1, -0.05) is 12.1 Å². The highest BCUT2D eigenvalue weighted by molar-refractivity contribution is 6.04. The van der Waals surface area contributed by atoms with Crippen LogP contribution < -0.4 is 10.6 Å². The Morgan fingerprint density at radius 1 is 0.867 bits per heavy atom. The number of nitrogens with zero attached hydrogens (tertiary/aromatic N) is 2. The van der Waals surface area contributed by atoms with Crippen molar-refractivity contribution in [2.75, 3.05) is 10.6 Å². The van der Waals surface area contributed by atoms with Gasteiger partial charge >= 0.3 is 0 Å². The van der Waals surface area contributed by atoms with Crippen LogP contribution in [0, 0.1) is 12.7 Å². The molecule has 4 rings (SSSR count). The lowest BCUT2D eigenvalue weighted by Gasteiger charge is -2.09. The molecule has 0 radical (unpaired) electrons. The smallest absolute Gasteiger partial charge is 0.255 e. The predicted octanol–water partition coefficient (Wildman–Crippen LogP) is 5.59. The molecule has 2 N–H and O–H groups in total. The Morgan fingerprint density at radius 3 is 2.37 bits per heavy atom. The van der Waals surface area contributed by atoms with Crippen molar-refractivity contribution in [3.63, 3.8) is 0 Å². The fourth-order valence-corrected chi connectivity index (χ4v) is 2.98. The van der Waals surface area contributed by atoms with E-state index in [1.807, 2.05) is 43.3 Å². The summed E-state index contributed by atoms with van der Waals surface area (Å²) in [6.07, 6.45) is 1.45. The van der Waals surface area contributed by atoms with Gasteiger partial charge in [-0.2, -0.15) is 0 Å². The Morgan fingerprint density at radius 2 is 1.63 bits per heavy atom. The molecule has 1 heterocycles. The fourth-order valence-electron chi connectivity index (χ4n) is 2.98. The first-order valence-electron chi connectivity index (χ1n) is 9.40. The largest absolute Gasteiger partial charge is 0.340 e. The van der Waals surface area contributed by atoms with E-state index in [1.165, 1.54) is 18.5 Å². The van der Waals surface area contributed by atoms with Gasteiger partial charge in [0.2, 0.25) is 0 Å². The number of carbonyl (C=O) groups is 1. The average Bonchev–Trinajstić information content (AvgIpc) is 2.75. The number of aryl methyl sites for hydroxylation is 1. The third kappa shape index (κ3) is 4.67. The van der Waals surface area contributed by atoms with E-state index in [0.29, 0.717) is 17.1 Å². The Hall–Kier alpha value is -4.06. The van der Waals surface area contributed by atoms with Crippen LogP contribution in [-0.4, -0.2) is 15.9 Å². The van der Waals surface area contributed by atoms with Gasteiger partial charge in [0.25, 0.3) is 5.91 Å². The second-order valence-corrected chi connectivity index (χ2v) is 6.82. The Bertz CT molecular complexity index is 1170. The summed E-state index contributed by atoms with van der Waals surface area (Å²) in [5.41, 5.74) is 4.66. The number of aromatic nitrogens is 2. The molecule has 4 aromatic rings. The maximum absolute atomic E-state index is 13.1. The summed E-state index contributed by atoms with van der Waals surface area (Å²) < 4.78 is 13.1. The van der Waals surface area contributed by atoms with Gasteiger partial charge in [-0.25, -0.2) is 14.4 Å². The highest BCUT2D eigenvalue weighted by Gasteiger charge is 2.07. The lowest BCUT2D eigenvalue weighted by atomic mass is 10.1. The molecule has 30 heavy (non-hydrogen) atoms. The van der Waals surface area contributed by atoms with Crippen LogP contribution in [0.5, 0.6) is 0 Å². The molecule has 3 aromatic carbocycles. The van der Waals surface area contributed by atoms with Crippen LogP contribution in [0.15, 0.2) is 85.2 Å². The summed E-state index contributed by atoms with van der Waals surface area (Å²) in [5, 5.41) is 6.08. The van der Waals surface area contributed by atoms with E-state index in [-0.39, 0.29) is 11.7 Å². The van der Waals surface area contributed by atoms with Crippen LogP contribution in [-0.2, 0) is 0 Å². The number of carbonyl (C=O) groups excluding carboxylic acids is 1. The van der Waals surface area contributed by atoms with Gasteiger partial charge in [0.1, 0.15) is 18.0 Å². The van der Waals surface area contributed by atoms with Crippen LogP contribution >= 0.6 is 0 Å². The van der Waals surface area contributed by atoms with Gasteiger partial charge in [0, 0.05) is 28.6 Å². The number of benzene rings is 3. The van der Waals surface area contributed by atoms with Crippen molar-refractivity contribution in [3.05, 3.63) is 102 Å². The molecule has 0 bridgehead atoms. The van der Waals surface area contributed by atoms with E-state index in [4.69, 9.17) is 0 Å². The molecule has 0 saturated carbocycles. The minimum atomic E-state index is -0.294. The van der Waals surface area contributed by atoms with Crippen molar-refractivity contribution in [2.24, 2.45) is 0 Å². The van der Waals surface area contributed by atoms with E-state index in [9.17, 15) is 9.18 Å². The maximum Gasteiger partial charge on any atom is 0.255 e. The van der Waals surface area contributed by atoms with Crippen molar-refractivity contribution in [2.45, 2.75) is 6.92 Å². The van der Waals surface area contributed by atoms with Crippen LogP contribution in [0.1, 0.15) is 15.9 Å². The number of rotatable bonds is 5. The Balaban J connectivity index is 1.45. The van der Waals surface area contributed by atoms with E-state index in [1.54, 1.807) is 30.3 Å². The number of amides is 1. The molecule has 148 valence electrons. The molecule has 0 aliphatic heterocycles. The topological polar surface area (TPSA) is 66.9 Å². The third-order valence-electron chi connectivity index (χ3n) is 4.50. The number of nitrogens with one attached hydrogen (secondary N) is 2. The number of halogens is 1. The van der Waals surface area contributed by atoms with Crippen LogP contribution in [0.25, 0.3) is 11.3 Å². The molecule has 1 amide bonds. The van der Waals surface area contributed by atoms with Gasteiger partial charge < -0.3 is 10.6 Å². The molecule has 0 fully saturated rings. The summed E-state index contributed by atoms with van der Waals surface area (Å²) in [6, 6.07) is 22.7. The summed E-state index contributed by atoms with van der Waals surface area (Å²) >= 11 is 0. The molecule has 0 aliphatic rings. The van der Waals surface area contributed by atoms with Crippen molar-refractivity contribution in [3.8, 4) is 11.3 Å². The second kappa shape index (κ2) is 8.53. The average molecular weight is 398 g/mol. The first-order valence-corrected chi connectivity index (χ1v) is 9.40. The summed E-state index contributed by atoms with van der Waals surface area (Å²) in [5.74, 6) is 0.131. The predicted molar refractivity (Wildman–Crippen MR) is 116 cm³/mol. The lowest BCUT2D eigenvalue weighted by Crippen LogP contribution is -2.11. The minimum Gasteiger partial charge on any atom is -0.340 e. The molecule has 0 saturated heterocycles. The molecule has 0 atom stereocenters. The number of hydrogen-bond donors (Lipinski definition) is 2. The van der Waals surface area contributed by atoms with Crippen LogP contribution in [0.2, 0.25) is 0 Å². The van der Waals surface area contributed by atoms with E-state index < -0.39 is 0 Å². The highest BCUT2D eigenvalue weighted by Crippen LogP contribution is 2.22. The molecular weight excluding hydrogens is 379 g/mol. The molecule has 1 aromatic heterocycles. The van der Waals surface area contributed by atoms with Gasteiger partial charge in [-0.15, -0.1) is 0 Å². The monoisotopic (exact) mass is 398 g/mol. The zero-order chi connectivity index (χ0) is 20.9. The minimum absolute atomic E-state index is 0.173. The van der Waals surface area contributed by atoms with E-state index >= 15 is 0 Å².